The first kappa shape index (κ1) is 16.3. The van der Waals surface area contributed by atoms with Crippen molar-refractivity contribution in [1.29, 1.82) is 0 Å². The van der Waals surface area contributed by atoms with Gasteiger partial charge < -0.3 is 9.80 Å². The second-order valence-corrected chi connectivity index (χ2v) is 8.02. The number of amides is 1. The third kappa shape index (κ3) is 3.48. The molecule has 0 aromatic carbocycles. The molecule has 1 amide bonds. The monoisotopic (exact) mass is 307 g/mol. The molecule has 1 saturated carbocycles. The van der Waals surface area contributed by atoms with Crippen molar-refractivity contribution < 1.29 is 4.79 Å². The Morgan fingerprint density at radius 2 is 1.73 bits per heavy atom. The van der Waals surface area contributed by atoms with E-state index in [0.29, 0.717) is 5.91 Å². The smallest absolute Gasteiger partial charge is 0.229 e. The normalized spacial score (nSPS) is 33.1. The van der Waals surface area contributed by atoms with Crippen molar-refractivity contribution in [3.63, 3.8) is 0 Å². The summed E-state index contributed by atoms with van der Waals surface area (Å²) in [6.45, 7) is 8.32. The number of likely N-dealkylation sites (tertiary alicyclic amines) is 1. The summed E-state index contributed by atoms with van der Waals surface area (Å²) in [7, 11) is 2.13. The minimum absolute atomic E-state index is 0.144. The maximum absolute atomic E-state index is 13.0. The van der Waals surface area contributed by atoms with Gasteiger partial charge in [0.05, 0.1) is 5.41 Å². The van der Waals surface area contributed by atoms with Crippen LogP contribution in [-0.4, -0.2) is 73.0 Å². The standard InChI is InChI=1S/C18H33N3O/c1-18(9-12-19(2)15-18)17(22)21-11-6-10-20(13-14-21)16-7-4-3-5-8-16/h16H,3-15H2,1-2H3. The average Bonchev–Trinajstić information content (AvgIpc) is 2.76. The van der Waals surface area contributed by atoms with E-state index in [9.17, 15) is 4.79 Å². The molecule has 0 bridgehead atoms. The molecule has 126 valence electrons. The van der Waals surface area contributed by atoms with Gasteiger partial charge in [0.25, 0.3) is 0 Å². The summed E-state index contributed by atoms with van der Waals surface area (Å²) in [5.74, 6) is 0.405. The summed E-state index contributed by atoms with van der Waals surface area (Å²) < 4.78 is 0. The molecule has 1 atom stereocenters. The van der Waals surface area contributed by atoms with Crippen LogP contribution >= 0.6 is 0 Å². The van der Waals surface area contributed by atoms with Crippen LogP contribution in [0.2, 0.25) is 0 Å². The minimum atomic E-state index is -0.144. The van der Waals surface area contributed by atoms with Crippen LogP contribution in [0.1, 0.15) is 51.9 Å². The van der Waals surface area contributed by atoms with Crippen LogP contribution in [0.4, 0.5) is 0 Å². The van der Waals surface area contributed by atoms with Crippen LogP contribution in [0.15, 0.2) is 0 Å². The van der Waals surface area contributed by atoms with Crippen LogP contribution < -0.4 is 0 Å². The molecular formula is C18H33N3O. The van der Waals surface area contributed by atoms with Gasteiger partial charge in [0.1, 0.15) is 0 Å². The molecule has 2 heterocycles. The fourth-order valence-corrected chi connectivity index (χ4v) is 4.70. The van der Waals surface area contributed by atoms with Crippen molar-refractivity contribution in [2.75, 3.05) is 46.3 Å². The van der Waals surface area contributed by atoms with E-state index in [1.807, 2.05) is 0 Å². The van der Waals surface area contributed by atoms with E-state index in [0.717, 1.165) is 51.6 Å². The van der Waals surface area contributed by atoms with Crippen LogP contribution in [0, 0.1) is 5.41 Å². The Kier molecular flexibility index (Phi) is 5.08. The zero-order valence-electron chi connectivity index (χ0n) is 14.5. The molecule has 4 nitrogen and oxygen atoms in total. The molecule has 22 heavy (non-hydrogen) atoms. The van der Waals surface area contributed by atoms with Crippen LogP contribution in [0.5, 0.6) is 0 Å². The molecule has 1 aliphatic carbocycles. The molecule has 1 unspecified atom stereocenters. The fourth-order valence-electron chi connectivity index (χ4n) is 4.70. The zero-order chi connectivity index (χ0) is 15.6. The first-order valence-corrected chi connectivity index (χ1v) is 9.30. The van der Waals surface area contributed by atoms with Crippen molar-refractivity contribution in [3.05, 3.63) is 0 Å². The van der Waals surface area contributed by atoms with E-state index in [4.69, 9.17) is 0 Å². The van der Waals surface area contributed by atoms with Gasteiger partial charge in [-0.05, 0) is 46.2 Å². The Morgan fingerprint density at radius 3 is 2.41 bits per heavy atom. The highest BCUT2D eigenvalue weighted by Gasteiger charge is 2.41. The van der Waals surface area contributed by atoms with Gasteiger partial charge >= 0.3 is 0 Å². The summed E-state index contributed by atoms with van der Waals surface area (Å²) in [6, 6.07) is 0.789. The lowest BCUT2D eigenvalue weighted by molar-refractivity contribution is -0.140. The molecule has 0 N–H and O–H groups in total. The molecule has 0 spiro atoms. The second kappa shape index (κ2) is 6.88. The average molecular weight is 307 g/mol. The predicted octanol–water partition coefficient (Wildman–Crippen LogP) is 2.20. The quantitative estimate of drug-likeness (QED) is 0.782. The third-order valence-electron chi connectivity index (χ3n) is 6.09. The van der Waals surface area contributed by atoms with Crippen LogP contribution in [-0.2, 0) is 4.79 Å². The van der Waals surface area contributed by atoms with E-state index in [1.54, 1.807) is 0 Å². The van der Waals surface area contributed by atoms with Crippen molar-refractivity contribution >= 4 is 5.91 Å². The first-order valence-electron chi connectivity index (χ1n) is 9.30. The highest BCUT2D eigenvalue weighted by molar-refractivity contribution is 5.83. The van der Waals surface area contributed by atoms with Gasteiger partial charge in [-0.2, -0.15) is 0 Å². The maximum Gasteiger partial charge on any atom is 0.229 e. The van der Waals surface area contributed by atoms with Gasteiger partial charge in [-0.15, -0.1) is 0 Å². The summed E-state index contributed by atoms with van der Waals surface area (Å²) >= 11 is 0. The Bertz CT molecular complexity index is 394. The highest BCUT2D eigenvalue weighted by atomic mass is 16.2. The molecule has 3 rings (SSSR count). The lowest BCUT2D eigenvalue weighted by atomic mass is 9.88. The Morgan fingerprint density at radius 1 is 0.955 bits per heavy atom. The Hall–Kier alpha value is -0.610. The lowest BCUT2D eigenvalue weighted by Crippen LogP contribution is -2.46. The summed E-state index contributed by atoms with van der Waals surface area (Å²) in [5.41, 5.74) is -0.144. The van der Waals surface area contributed by atoms with Crippen LogP contribution in [0.25, 0.3) is 0 Å². The maximum atomic E-state index is 13.0. The number of hydrogen-bond acceptors (Lipinski definition) is 3. The summed E-state index contributed by atoms with van der Waals surface area (Å²) in [6.07, 6.45) is 9.12. The Labute approximate surface area is 135 Å². The summed E-state index contributed by atoms with van der Waals surface area (Å²) in [5, 5.41) is 0. The van der Waals surface area contributed by atoms with Gasteiger partial charge in [0, 0.05) is 38.8 Å². The SMILES string of the molecule is CN1CCC(C)(C(=O)N2CCCN(C3CCCCC3)CC2)C1. The molecule has 3 fully saturated rings. The van der Waals surface area contributed by atoms with Crippen molar-refractivity contribution in [2.24, 2.45) is 5.41 Å². The highest BCUT2D eigenvalue weighted by Crippen LogP contribution is 2.32. The molecule has 2 aliphatic heterocycles. The summed E-state index contributed by atoms with van der Waals surface area (Å²) in [4.78, 5) is 20.1. The van der Waals surface area contributed by atoms with Gasteiger partial charge in [-0.3, -0.25) is 9.69 Å². The number of carbonyl (C=O) groups excluding carboxylic acids is 1. The molecule has 0 aromatic heterocycles. The predicted molar refractivity (Wildman–Crippen MR) is 89.9 cm³/mol. The number of hydrogen-bond donors (Lipinski definition) is 0. The van der Waals surface area contributed by atoms with Crippen molar-refractivity contribution in [1.82, 2.24) is 14.7 Å². The second-order valence-electron chi connectivity index (χ2n) is 8.02. The minimum Gasteiger partial charge on any atom is -0.341 e. The van der Waals surface area contributed by atoms with Crippen LogP contribution in [0.3, 0.4) is 0 Å². The van der Waals surface area contributed by atoms with Crippen molar-refractivity contribution in [3.8, 4) is 0 Å². The molecular weight excluding hydrogens is 274 g/mol. The third-order valence-corrected chi connectivity index (χ3v) is 6.09. The van der Waals surface area contributed by atoms with E-state index >= 15 is 0 Å². The number of nitrogens with zero attached hydrogens (tertiary/aromatic N) is 3. The van der Waals surface area contributed by atoms with Crippen molar-refractivity contribution in [2.45, 2.75) is 57.9 Å². The Balaban J connectivity index is 1.56. The molecule has 0 radical (unpaired) electrons. The lowest BCUT2D eigenvalue weighted by Gasteiger charge is -2.34. The number of rotatable bonds is 2. The van der Waals surface area contributed by atoms with E-state index < -0.39 is 0 Å². The zero-order valence-corrected chi connectivity index (χ0v) is 14.5. The van der Waals surface area contributed by atoms with E-state index in [1.165, 1.54) is 38.6 Å². The van der Waals surface area contributed by atoms with Gasteiger partial charge in [-0.1, -0.05) is 19.3 Å². The van der Waals surface area contributed by atoms with E-state index in [-0.39, 0.29) is 5.41 Å². The van der Waals surface area contributed by atoms with Gasteiger partial charge in [-0.25, -0.2) is 0 Å². The molecule has 3 aliphatic rings. The van der Waals surface area contributed by atoms with Gasteiger partial charge in [0.15, 0.2) is 0 Å². The van der Waals surface area contributed by atoms with E-state index in [2.05, 4.69) is 28.7 Å². The topological polar surface area (TPSA) is 26.8 Å². The molecule has 0 aromatic rings. The number of carbonyl (C=O) groups is 1. The largest absolute Gasteiger partial charge is 0.341 e. The first-order chi connectivity index (χ1) is 10.6. The molecule has 4 heteroatoms. The molecule has 2 saturated heterocycles. The fraction of sp³-hybridized carbons (Fsp3) is 0.944. The van der Waals surface area contributed by atoms with Gasteiger partial charge in [0.2, 0.25) is 5.91 Å².